The summed E-state index contributed by atoms with van der Waals surface area (Å²) in [5.41, 5.74) is 4.88. The number of hydrogen-bond donors (Lipinski definition) is 3. The standard InChI is InChI=1S/C25H27ClN6O/c26-22-16-28-25(30-24(22)21-15-27-23-7-2-1-6-20(21)23)29-19-5-3-4-18(14-19)17-32-10-8-31(9-11-32)12-13-33/h1-7,14-16,27,33H,8-13,17H2,(H,28,29,30). The van der Waals surface area contributed by atoms with Crippen molar-refractivity contribution in [1.29, 1.82) is 0 Å². The third-order valence-corrected chi connectivity index (χ3v) is 6.34. The number of hydrogen-bond acceptors (Lipinski definition) is 6. The number of aliphatic hydroxyl groups excluding tert-OH is 1. The van der Waals surface area contributed by atoms with Gasteiger partial charge in [0.2, 0.25) is 5.95 Å². The van der Waals surface area contributed by atoms with Crippen molar-refractivity contribution >= 4 is 34.1 Å². The van der Waals surface area contributed by atoms with Gasteiger partial charge in [0.1, 0.15) is 0 Å². The fourth-order valence-electron chi connectivity index (χ4n) is 4.33. The maximum atomic E-state index is 9.12. The summed E-state index contributed by atoms with van der Waals surface area (Å²) in [5.74, 6) is 0.509. The first kappa shape index (κ1) is 21.9. The number of piperazine rings is 1. The molecule has 7 nitrogen and oxygen atoms in total. The molecule has 1 aliphatic rings. The van der Waals surface area contributed by atoms with E-state index in [0.29, 0.717) is 16.7 Å². The van der Waals surface area contributed by atoms with Gasteiger partial charge >= 0.3 is 0 Å². The summed E-state index contributed by atoms with van der Waals surface area (Å²) < 4.78 is 0. The summed E-state index contributed by atoms with van der Waals surface area (Å²) >= 11 is 6.47. The molecule has 170 valence electrons. The number of rotatable bonds is 7. The smallest absolute Gasteiger partial charge is 0.227 e. The largest absolute Gasteiger partial charge is 0.395 e. The average Bonchev–Trinajstić information content (AvgIpc) is 3.26. The zero-order valence-electron chi connectivity index (χ0n) is 18.3. The van der Waals surface area contributed by atoms with Gasteiger partial charge in [-0.2, -0.15) is 0 Å². The fourth-order valence-corrected chi connectivity index (χ4v) is 4.52. The van der Waals surface area contributed by atoms with Crippen LogP contribution in [-0.4, -0.2) is 69.2 Å². The van der Waals surface area contributed by atoms with Crippen LogP contribution in [0.5, 0.6) is 0 Å². The molecular formula is C25H27ClN6O. The van der Waals surface area contributed by atoms with Crippen LogP contribution in [0.2, 0.25) is 5.02 Å². The van der Waals surface area contributed by atoms with Crippen LogP contribution in [0.4, 0.5) is 11.6 Å². The number of aromatic amines is 1. The molecule has 0 unspecified atom stereocenters. The van der Waals surface area contributed by atoms with Crippen LogP contribution in [0, 0.1) is 0 Å². The van der Waals surface area contributed by atoms with E-state index in [0.717, 1.165) is 61.4 Å². The van der Waals surface area contributed by atoms with Gasteiger partial charge in [-0.05, 0) is 23.8 Å². The third kappa shape index (κ3) is 5.02. The molecule has 0 radical (unpaired) electrons. The molecule has 0 spiro atoms. The van der Waals surface area contributed by atoms with E-state index in [2.05, 4.69) is 49.4 Å². The lowest BCUT2D eigenvalue weighted by Crippen LogP contribution is -2.46. The molecule has 0 atom stereocenters. The number of aliphatic hydroxyl groups is 1. The van der Waals surface area contributed by atoms with Crippen molar-refractivity contribution in [3.63, 3.8) is 0 Å². The predicted molar refractivity (Wildman–Crippen MR) is 133 cm³/mol. The Kier molecular flexibility index (Phi) is 6.55. The number of nitrogens with one attached hydrogen (secondary N) is 2. The highest BCUT2D eigenvalue weighted by atomic mass is 35.5. The Morgan fingerprint density at radius 3 is 2.70 bits per heavy atom. The molecule has 33 heavy (non-hydrogen) atoms. The first-order valence-electron chi connectivity index (χ1n) is 11.2. The summed E-state index contributed by atoms with van der Waals surface area (Å²) in [6.45, 7) is 5.88. The molecule has 5 rings (SSSR count). The number of halogens is 1. The van der Waals surface area contributed by atoms with E-state index in [4.69, 9.17) is 21.7 Å². The second kappa shape index (κ2) is 9.89. The Morgan fingerprint density at radius 2 is 1.85 bits per heavy atom. The fraction of sp³-hybridized carbons (Fsp3) is 0.280. The molecule has 3 heterocycles. The number of fused-ring (bicyclic) bond motifs is 1. The summed E-state index contributed by atoms with van der Waals surface area (Å²) in [7, 11) is 0. The molecule has 3 N–H and O–H groups in total. The van der Waals surface area contributed by atoms with Gasteiger partial charge in [0.25, 0.3) is 0 Å². The number of β-amino-alcohol motifs (C(OH)–C–C–N with tert-alkyl or cyclic N) is 1. The van der Waals surface area contributed by atoms with Gasteiger partial charge in [0.05, 0.1) is 23.5 Å². The first-order valence-corrected chi connectivity index (χ1v) is 11.6. The van der Waals surface area contributed by atoms with Crippen molar-refractivity contribution in [3.05, 3.63) is 71.5 Å². The molecule has 2 aromatic heterocycles. The van der Waals surface area contributed by atoms with Crippen molar-refractivity contribution in [2.75, 3.05) is 44.6 Å². The first-order chi connectivity index (χ1) is 16.2. The summed E-state index contributed by atoms with van der Waals surface area (Å²) in [6, 6.07) is 16.5. The van der Waals surface area contributed by atoms with Crippen LogP contribution in [-0.2, 0) is 6.54 Å². The number of aromatic nitrogens is 3. The van der Waals surface area contributed by atoms with Crippen LogP contribution < -0.4 is 5.32 Å². The zero-order valence-corrected chi connectivity index (χ0v) is 19.1. The highest BCUT2D eigenvalue weighted by Crippen LogP contribution is 2.32. The van der Waals surface area contributed by atoms with Gasteiger partial charge in [-0.25, -0.2) is 9.97 Å². The summed E-state index contributed by atoms with van der Waals surface area (Å²) in [6.07, 6.45) is 3.58. The Labute approximate surface area is 198 Å². The maximum Gasteiger partial charge on any atom is 0.227 e. The van der Waals surface area contributed by atoms with Crippen molar-refractivity contribution < 1.29 is 5.11 Å². The Hall–Kier alpha value is -2.97. The summed E-state index contributed by atoms with van der Waals surface area (Å²) in [5, 5.41) is 14.0. The van der Waals surface area contributed by atoms with Crippen LogP contribution in [0.25, 0.3) is 22.2 Å². The van der Waals surface area contributed by atoms with E-state index in [1.54, 1.807) is 6.20 Å². The van der Waals surface area contributed by atoms with Crippen molar-refractivity contribution in [3.8, 4) is 11.3 Å². The maximum absolute atomic E-state index is 9.12. The van der Waals surface area contributed by atoms with Gasteiger partial charge < -0.3 is 15.4 Å². The van der Waals surface area contributed by atoms with E-state index in [9.17, 15) is 0 Å². The second-order valence-electron chi connectivity index (χ2n) is 8.30. The lowest BCUT2D eigenvalue weighted by Gasteiger charge is -2.34. The van der Waals surface area contributed by atoms with E-state index in [1.807, 2.05) is 30.5 Å². The number of benzene rings is 2. The SMILES string of the molecule is OCCN1CCN(Cc2cccc(Nc3ncc(Cl)c(-c4c[nH]c5ccccc45)n3)c2)CC1. The Morgan fingerprint density at radius 1 is 1.03 bits per heavy atom. The molecule has 8 heteroatoms. The van der Waals surface area contributed by atoms with Crippen molar-refractivity contribution in [2.45, 2.75) is 6.54 Å². The van der Waals surface area contributed by atoms with Crippen LogP contribution in [0.1, 0.15) is 5.56 Å². The molecule has 0 amide bonds. The number of para-hydroxylation sites is 1. The molecule has 1 fully saturated rings. The van der Waals surface area contributed by atoms with E-state index >= 15 is 0 Å². The molecule has 4 aromatic rings. The number of nitrogens with zero attached hydrogens (tertiary/aromatic N) is 4. The summed E-state index contributed by atoms with van der Waals surface area (Å²) in [4.78, 5) is 17.1. The van der Waals surface area contributed by atoms with Crippen molar-refractivity contribution in [2.24, 2.45) is 0 Å². The average molecular weight is 463 g/mol. The molecule has 0 saturated carbocycles. The molecule has 0 bridgehead atoms. The number of H-pyrrole nitrogens is 1. The van der Waals surface area contributed by atoms with Gasteiger partial charge in [-0.15, -0.1) is 0 Å². The Balaban J connectivity index is 1.31. The number of anilines is 2. The minimum Gasteiger partial charge on any atom is -0.395 e. The second-order valence-corrected chi connectivity index (χ2v) is 8.71. The molecular weight excluding hydrogens is 436 g/mol. The van der Waals surface area contributed by atoms with E-state index in [1.165, 1.54) is 5.56 Å². The highest BCUT2D eigenvalue weighted by Gasteiger charge is 2.17. The molecule has 1 saturated heterocycles. The van der Waals surface area contributed by atoms with Crippen LogP contribution in [0.3, 0.4) is 0 Å². The highest BCUT2D eigenvalue weighted by molar-refractivity contribution is 6.33. The molecule has 0 aliphatic carbocycles. The zero-order chi connectivity index (χ0) is 22.6. The van der Waals surface area contributed by atoms with Gasteiger partial charge in [0.15, 0.2) is 0 Å². The minimum absolute atomic E-state index is 0.225. The van der Waals surface area contributed by atoms with Crippen LogP contribution in [0.15, 0.2) is 60.9 Å². The lowest BCUT2D eigenvalue weighted by molar-refractivity contribution is 0.108. The normalized spacial score (nSPS) is 15.2. The van der Waals surface area contributed by atoms with Crippen molar-refractivity contribution in [1.82, 2.24) is 24.8 Å². The van der Waals surface area contributed by atoms with Gasteiger partial charge in [0, 0.05) is 67.6 Å². The Bertz CT molecular complexity index is 1230. The lowest BCUT2D eigenvalue weighted by atomic mass is 10.1. The quantitative estimate of drug-likeness (QED) is 0.383. The van der Waals surface area contributed by atoms with Gasteiger partial charge in [-0.3, -0.25) is 9.80 Å². The van der Waals surface area contributed by atoms with E-state index in [-0.39, 0.29) is 6.61 Å². The third-order valence-electron chi connectivity index (χ3n) is 6.06. The minimum atomic E-state index is 0.225. The topological polar surface area (TPSA) is 80.3 Å². The molecule has 2 aromatic carbocycles. The van der Waals surface area contributed by atoms with Gasteiger partial charge in [-0.1, -0.05) is 41.9 Å². The van der Waals surface area contributed by atoms with Crippen LogP contribution >= 0.6 is 11.6 Å². The monoisotopic (exact) mass is 462 g/mol. The predicted octanol–water partition coefficient (Wildman–Crippen LogP) is 4.13. The van der Waals surface area contributed by atoms with E-state index < -0.39 is 0 Å². The molecule has 1 aliphatic heterocycles.